The van der Waals surface area contributed by atoms with Crippen molar-refractivity contribution in [2.45, 2.75) is 19.4 Å². The van der Waals surface area contributed by atoms with Crippen LogP contribution in [0.4, 0.5) is 0 Å². The standard InChI is InChI=1S/C12H20N4O3S/c1-15-8-10(7-14-15)6-13-12(17)11-4-3-5-16(9-11)20(2,18)19/h7-8,11H,3-6,9H2,1-2H3,(H,13,17)/t11-/m1/s1. The Kier molecular flexibility index (Phi) is 4.44. The summed E-state index contributed by atoms with van der Waals surface area (Å²) in [6.07, 6.45) is 6.17. The first-order valence-corrected chi connectivity index (χ1v) is 8.41. The van der Waals surface area contributed by atoms with Crippen LogP contribution in [0.3, 0.4) is 0 Å². The predicted octanol–water partition coefficient (Wildman–Crippen LogP) is -0.292. The number of carbonyl (C=O) groups is 1. The summed E-state index contributed by atoms with van der Waals surface area (Å²) in [5, 5.41) is 6.87. The van der Waals surface area contributed by atoms with E-state index in [4.69, 9.17) is 0 Å². The number of nitrogens with zero attached hydrogens (tertiary/aromatic N) is 3. The molecular weight excluding hydrogens is 280 g/mol. The number of carbonyl (C=O) groups excluding carboxylic acids is 1. The second kappa shape index (κ2) is 5.92. The first-order chi connectivity index (χ1) is 9.36. The van der Waals surface area contributed by atoms with E-state index in [1.807, 2.05) is 13.2 Å². The molecule has 8 heteroatoms. The zero-order valence-corrected chi connectivity index (χ0v) is 12.6. The monoisotopic (exact) mass is 300 g/mol. The van der Waals surface area contributed by atoms with Crippen molar-refractivity contribution in [3.05, 3.63) is 18.0 Å². The van der Waals surface area contributed by atoms with Crippen molar-refractivity contribution >= 4 is 15.9 Å². The number of hydrogen-bond donors (Lipinski definition) is 1. The first-order valence-electron chi connectivity index (χ1n) is 6.56. The topological polar surface area (TPSA) is 84.3 Å². The van der Waals surface area contributed by atoms with E-state index >= 15 is 0 Å². The minimum Gasteiger partial charge on any atom is -0.352 e. The van der Waals surface area contributed by atoms with Gasteiger partial charge in [0.05, 0.1) is 18.4 Å². The molecule has 2 heterocycles. The highest BCUT2D eigenvalue weighted by Gasteiger charge is 2.29. The average molecular weight is 300 g/mol. The van der Waals surface area contributed by atoms with E-state index in [0.717, 1.165) is 18.4 Å². The molecule has 1 amide bonds. The second-order valence-electron chi connectivity index (χ2n) is 5.20. The lowest BCUT2D eigenvalue weighted by Gasteiger charge is -2.30. The van der Waals surface area contributed by atoms with Crippen LogP contribution in [0.1, 0.15) is 18.4 Å². The molecule has 1 aliphatic heterocycles. The van der Waals surface area contributed by atoms with Gasteiger partial charge in [0.15, 0.2) is 0 Å². The van der Waals surface area contributed by atoms with Gasteiger partial charge in [0.1, 0.15) is 0 Å². The summed E-state index contributed by atoms with van der Waals surface area (Å²) in [6, 6.07) is 0. The predicted molar refractivity (Wildman–Crippen MR) is 74.2 cm³/mol. The van der Waals surface area contributed by atoms with Crippen LogP contribution < -0.4 is 5.32 Å². The van der Waals surface area contributed by atoms with Crippen LogP contribution in [0, 0.1) is 5.92 Å². The number of nitrogens with one attached hydrogen (secondary N) is 1. The minimum atomic E-state index is -3.22. The molecule has 2 rings (SSSR count). The zero-order chi connectivity index (χ0) is 14.8. The minimum absolute atomic E-state index is 0.0952. The van der Waals surface area contributed by atoms with Crippen molar-refractivity contribution in [2.75, 3.05) is 19.3 Å². The summed E-state index contributed by atoms with van der Waals surface area (Å²) < 4.78 is 26.1. The third kappa shape index (κ3) is 3.80. The number of hydrogen-bond acceptors (Lipinski definition) is 4. The first kappa shape index (κ1) is 15.0. The number of aryl methyl sites for hydroxylation is 1. The quantitative estimate of drug-likeness (QED) is 0.828. The average Bonchev–Trinajstić information content (AvgIpc) is 2.81. The van der Waals surface area contributed by atoms with E-state index in [-0.39, 0.29) is 18.4 Å². The van der Waals surface area contributed by atoms with Crippen molar-refractivity contribution in [3.63, 3.8) is 0 Å². The number of piperidine rings is 1. The summed E-state index contributed by atoms with van der Waals surface area (Å²) in [4.78, 5) is 12.1. The lowest BCUT2D eigenvalue weighted by Crippen LogP contribution is -2.44. The Morgan fingerprint density at radius 3 is 2.90 bits per heavy atom. The largest absolute Gasteiger partial charge is 0.352 e. The van der Waals surface area contributed by atoms with Crippen molar-refractivity contribution in [2.24, 2.45) is 13.0 Å². The van der Waals surface area contributed by atoms with Crippen LogP contribution >= 0.6 is 0 Å². The van der Waals surface area contributed by atoms with Crippen LogP contribution in [0.25, 0.3) is 0 Å². The van der Waals surface area contributed by atoms with Crippen LogP contribution in [0.15, 0.2) is 12.4 Å². The van der Waals surface area contributed by atoms with Crippen LogP contribution in [0.2, 0.25) is 0 Å². The molecule has 1 N–H and O–H groups in total. The van der Waals surface area contributed by atoms with Gasteiger partial charge in [-0.05, 0) is 12.8 Å². The maximum absolute atomic E-state index is 12.1. The third-order valence-electron chi connectivity index (χ3n) is 3.45. The molecule has 1 aromatic rings. The number of aromatic nitrogens is 2. The van der Waals surface area contributed by atoms with E-state index < -0.39 is 10.0 Å². The van der Waals surface area contributed by atoms with Crippen molar-refractivity contribution in [1.82, 2.24) is 19.4 Å². The summed E-state index contributed by atoms with van der Waals surface area (Å²) in [5.41, 5.74) is 0.927. The highest BCUT2D eigenvalue weighted by molar-refractivity contribution is 7.88. The normalized spacial score (nSPS) is 20.8. The molecule has 7 nitrogen and oxygen atoms in total. The van der Waals surface area contributed by atoms with Gasteiger partial charge in [0.2, 0.25) is 15.9 Å². The Labute approximate surface area is 119 Å². The lowest BCUT2D eigenvalue weighted by molar-refractivity contribution is -0.126. The Morgan fingerprint density at radius 1 is 1.55 bits per heavy atom. The highest BCUT2D eigenvalue weighted by atomic mass is 32.2. The Balaban J connectivity index is 1.89. The molecule has 20 heavy (non-hydrogen) atoms. The summed E-state index contributed by atoms with van der Waals surface area (Å²) >= 11 is 0. The summed E-state index contributed by atoms with van der Waals surface area (Å²) in [7, 11) is -1.40. The lowest BCUT2D eigenvalue weighted by atomic mass is 9.99. The number of amides is 1. The van der Waals surface area contributed by atoms with Gasteiger partial charge in [-0.15, -0.1) is 0 Å². The van der Waals surface area contributed by atoms with E-state index in [9.17, 15) is 13.2 Å². The molecule has 0 unspecified atom stereocenters. The van der Waals surface area contributed by atoms with Crippen LogP contribution in [-0.4, -0.2) is 47.8 Å². The van der Waals surface area contributed by atoms with Crippen molar-refractivity contribution in [3.8, 4) is 0 Å². The van der Waals surface area contributed by atoms with Crippen LogP contribution in [-0.2, 0) is 28.4 Å². The van der Waals surface area contributed by atoms with Gasteiger partial charge in [-0.3, -0.25) is 9.48 Å². The molecule has 0 saturated carbocycles. The van der Waals surface area contributed by atoms with Crippen molar-refractivity contribution in [1.29, 1.82) is 0 Å². The molecule has 112 valence electrons. The summed E-state index contributed by atoms with van der Waals surface area (Å²) in [5.74, 6) is -0.364. The molecule has 0 spiro atoms. The zero-order valence-electron chi connectivity index (χ0n) is 11.7. The molecule has 1 aromatic heterocycles. The fraction of sp³-hybridized carbons (Fsp3) is 0.667. The van der Waals surface area contributed by atoms with Crippen LogP contribution in [0.5, 0.6) is 0 Å². The molecule has 1 atom stereocenters. The molecule has 1 aliphatic rings. The smallest absolute Gasteiger partial charge is 0.224 e. The SMILES string of the molecule is Cn1cc(CNC(=O)[C@@H]2CCCN(S(C)(=O)=O)C2)cn1. The molecule has 0 bridgehead atoms. The molecule has 0 aromatic carbocycles. The van der Waals surface area contributed by atoms with Gasteiger partial charge < -0.3 is 5.32 Å². The second-order valence-corrected chi connectivity index (χ2v) is 7.18. The fourth-order valence-corrected chi connectivity index (χ4v) is 3.27. The maximum atomic E-state index is 12.1. The van der Waals surface area contributed by atoms with Gasteiger partial charge in [0.25, 0.3) is 0 Å². The molecule has 1 saturated heterocycles. The van der Waals surface area contributed by atoms with E-state index in [2.05, 4.69) is 10.4 Å². The van der Waals surface area contributed by atoms with E-state index in [0.29, 0.717) is 13.1 Å². The van der Waals surface area contributed by atoms with Gasteiger partial charge in [-0.1, -0.05) is 0 Å². The Bertz CT molecular complexity index is 581. The number of sulfonamides is 1. The molecule has 0 aliphatic carbocycles. The molecular formula is C12H20N4O3S. The van der Waals surface area contributed by atoms with Gasteiger partial charge in [0, 0.05) is 38.4 Å². The van der Waals surface area contributed by atoms with Gasteiger partial charge in [-0.2, -0.15) is 5.10 Å². The maximum Gasteiger partial charge on any atom is 0.224 e. The Hall–Kier alpha value is -1.41. The summed E-state index contributed by atoms with van der Waals surface area (Å²) in [6.45, 7) is 1.20. The van der Waals surface area contributed by atoms with Crippen molar-refractivity contribution < 1.29 is 13.2 Å². The molecule has 0 radical (unpaired) electrons. The molecule has 1 fully saturated rings. The van der Waals surface area contributed by atoms with Gasteiger partial charge >= 0.3 is 0 Å². The fourth-order valence-electron chi connectivity index (χ4n) is 2.35. The Morgan fingerprint density at radius 2 is 2.30 bits per heavy atom. The third-order valence-corrected chi connectivity index (χ3v) is 4.72. The highest BCUT2D eigenvalue weighted by Crippen LogP contribution is 2.18. The van der Waals surface area contributed by atoms with E-state index in [1.165, 1.54) is 10.6 Å². The number of rotatable bonds is 4. The van der Waals surface area contributed by atoms with Gasteiger partial charge in [-0.25, -0.2) is 12.7 Å². The van der Waals surface area contributed by atoms with E-state index in [1.54, 1.807) is 10.9 Å².